The lowest BCUT2D eigenvalue weighted by atomic mass is 9.80. The molecule has 5 nitrogen and oxygen atoms in total. The van der Waals surface area contributed by atoms with Crippen molar-refractivity contribution in [2.75, 3.05) is 0 Å². The molecule has 0 aromatic heterocycles. The number of carboxylic acids is 1. The van der Waals surface area contributed by atoms with Gasteiger partial charge in [0.15, 0.2) is 0 Å². The first-order valence-corrected chi connectivity index (χ1v) is 10.8. The highest BCUT2D eigenvalue weighted by Crippen LogP contribution is 2.34. The molecule has 0 radical (unpaired) electrons. The van der Waals surface area contributed by atoms with Gasteiger partial charge < -0.3 is 5.11 Å². The van der Waals surface area contributed by atoms with E-state index in [9.17, 15) is 13.2 Å². The number of hydrogen-bond acceptors (Lipinski definition) is 3. The van der Waals surface area contributed by atoms with Gasteiger partial charge in [-0.3, -0.25) is 4.79 Å². The molecular formula is C20H22ClNO4S. The van der Waals surface area contributed by atoms with Crippen LogP contribution in [0.15, 0.2) is 53.4 Å². The second-order valence-electron chi connectivity index (χ2n) is 6.88. The van der Waals surface area contributed by atoms with Crippen molar-refractivity contribution in [1.82, 2.24) is 4.72 Å². The Hall–Kier alpha value is -1.89. The lowest BCUT2D eigenvalue weighted by Gasteiger charge is -2.32. The van der Waals surface area contributed by atoms with Gasteiger partial charge in [-0.05, 0) is 48.2 Å². The van der Waals surface area contributed by atoms with E-state index in [1.807, 2.05) is 24.3 Å². The predicted molar refractivity (Wildman–Crippen MR) is 105 cm³/mol. The average molecular weight is 408 g/mol. The van der Waals surface area contributed by atoms with Crippen LogP contribution in [0.4, 0.5) is 0 Å². The molecule has 0 aliphatic heterocycles. The molecule has 7 heteroatoms. The van der Waals surface area contributed by atoms with Crippen LogP contribution >= 0.6 is 11.6 Å². The third-order valence-corrected chi connectivity index (χ3v) is 6.72. The number of rotatable bonds is 6. The van der Waals surface area contributed by atoms with E-state index in [0.717, 1.165) is 36.8 Å². The highest BCUT2D eigenvalue weighted by molar-refractivity contribution is 7.89. The van der Waals surface area contributed by atoms with Crippen molar-refractivity contribution in [3.63, 3.8) is 0 Å². The van der Waals surface area contributed by atoms with E-state index in [2.05, 4.69) is 4.72 Å². The maximum Gasteiger partial charge on any atom is 0.307 e. The van der Waals surface area contributed by atoms with Gasteiger partial charge in [0.2, 0.25) is 10.0 Å². The van der Waals surface area contributed by atoms with Crippen molar-refractivity contribution in [1.29, 1.82) is 0 Å². The standard InChI is InChI=1S/C20H22ClNO4S/c21-16-9-11-17(12-10-16)27(25,26)22-19-4-2-1-3-18(19)15-7-5-14(6-8-15)13-20(23)24/h5-12,18-19,22H,1-4,13H2,(H,23,24)/t18-,19+/m0/s1. The number of carbonyl (C=O) groups is 1. The van der Waals surface area contributed by atoms with Crippen LogP contribution in [-0.4, -0.2) is 25.5 Å². The molecule has 1 aliphatic carbocycles. The van der Waals surface area contributed by atoms with E-state index in [1.165, 1.54) is 12.1 Å². The minimum absolute atomic E-state index is 0.0163. The van der Waals surface area contributed by atoms with Crippen LogP contribution in [-0.2, 0) is 21.2 Å². The molecule has 0 amide bonds. The quantitative estimate of drug-likeness (QED) is 0.758. The molecule has 0 bridgehead atoms. The Morgan fingerprint density at radius 1 is 1.04 bits per heavy atom. The van der Waals surface area contributed by atoms with Crippen LogP contribution in [0.3, 0.4) is 0 Å². The zero-order valence-electron chi connectivity index (χ0n) is 14.8. The number of sulfonamides is 1. The highest BCUT2D eigenvalue weighted by Gasteiger charge is 2.30. The van der Waals surface area contributed by atoms with Crippen molar-refractivity contribution in [2.24, 2.45) is 0 Å². The largest absolute Gasteiger partial charge is 0.481 e. The molecule has 144 valence electrons. The van der Waals surface area contributed by atoms with Crippen LogP contribution < -0.4 is 4.72 Å². The smallest absolute Gasteiger partial charge is 0.307 e. The van der Waals surface area contributed by atoms with Crippen molar-refractivity contribution >= 4 is 27.6 Å². The fourth-order valence-corrected chi connectivity index (χ4v) is 5.05. The summed E-state index contributed by atoms with van der Waals surface area (Å²) in [5, 5.41) is 9.39. The summed E-state index contributed by atoms with van der Waals surface area (Å²) in [6, 6.07) is 13.4. The first-order chi connectivity index (χ1) is 12.8. The summed E-state index contributed by atoms with van der Waals surface area (Å²) >= 11 is 5.85. The summed E-state index contributed by atoms with van der Waals surface area (Å²) in [4.78, 5) is 11.0. The Morgan fingerprint density at radius 2 is 1.67 bits per heavy atom. The lowest BCUT2D eigenvalue weighted by Crippen LogP contribution is -2.40. The minimum Gasteiger partial charge on any atom is -0.481 e. The molecule has 3 rings (SSSR count). The van der Waals surface area contributed by atoms with Crippen molar-refractivity contribution < 1.29 is 18.3 Å². The van der Waals surface area contributed by atoms with Gasteiger partial charge in [-0.1, -0.05) is 48.7 Å². The lowest BCUT2D eigenvalue weighted by molar-refractivity contribution is -0.136. The van der Waals surface area contributed by atoms with Gasteiger partial charge in [-0.15, -0.1) is 0 Å². The summed E-state index contributed by atoms with van der Waals surface area (Å²) < 4.78 is 28.4. The Balaban J connectivity index is 1.79. The van der Waals surface area contributed by atoms with Gasteiger partial charge >= 0.3 is 5.97 Å². The molecule has 1 saturated carbocycles. The topological polar surface area (TPSA) is 83.5 Å². The van der Waals surface area contributed by atoms with Gasteiger partial charge in [0.05, 0.1) is 11.3 Å². The van der Waals surface area contributed by atoms with E-state index in [4.69, 9.17) is 16.7 Å². The van der Waals surface area contributed by atoms with E-state index >= 15 is 0 Å². The molecule has 0 spiro atoms. The molecule has 2 aromatic carbocycles. The van der Waals surface area contributed by atoms with Crippen LogP contribution in [0.5, 0.6) is 0 Å². The summed E-state index contributed by atoms with van der Waals surface area (Å²) in [5.41, 5.74) is 1.77. The molecule has 2 aromatic rings. The number of hydrogen-bond donors (Lipinski definition) is 2. The van der Waals surface area contributed by atoms with Gasteiger partial charge in [0.25, 0.3) is 0 Å². The SMILES string of the molecule is O=C(O)Cc1ccc([C@@H]2CCCC[C@H]2NS(=O)(=O)c2ccc(Cl)cc2)cc1. The number of nitrogens with one attached hydrogen (secondary N) is 1. The number of aliphatic carboxylic acids is 1. The third-order valence-electron chi connectivity index (χ3n) is 4.96. The Morgan fingerprint density at radius 3 is 2.30 bits per heavy atom. The van der Waals surface area contributed by atoms with E-state index in [0.29, 0.717) is 5.02 Å². The Labute approximate surface area is 164 Å². The molecule has 1 fully saturated rings. The van der Waals surface area contributed by atoms with E-state index < -0.39 is 16.0 Å². The van der Waals surface area contributed by atoms with Crippen LogP contribution in [0.2, 0.25) is 5.02 Å². The molecular weight excluding hydrogens is 386 g/mol. The minimum atomic E-state index is -3.63. The predicted octanol–water partition coefficient (Wildman–Crippen LogP) is 3.97. The zero-order chi connectivity index (χ0) is 19.4. The zero-order valence-corrected chi connectivity index (χ0v) is 16.3. The Kier molecular flexibility index (Phi) is 6.19. The molecule has 0 heterocycles. The van der Waals surface area contributed by atoms with Gasteiger partial charge in [-0.25, -0.2) is 13.1 Å². The van der Waals surface area contributed by atoms with Crippen LogP contribution in [0.1, 0.15) is 42.7 Å². The third kappa shape index (κ3) is 5.09. The van der Waals surface area contributed by atoms with Gasteiger partial charge in [-0.2, -0.15) is 0 Å². The summed E-state index contributed by atoms with van der Waals surface area (Å²) in [6.07, 6.45) is 3.67. The first kappa shape index (κ1) is 19.9. The number of carboxylic acid groups (broad SMARTS) is 1. The highest BCUT2D eigenvalue weighted by atomic mass is 35.5. The van der Waals surface area contributed by atoms with E-state index in [1.54, 1.807) is 12.1 Å². The van der Waals surface area contributed by atoms with Crippen molar-refractivity contribution in [3.05, 3.63) is 64.7 Å². The second-order valence-corrected chi connectivity index (χ2v) is 9.04. The fraction of sp³-hybridized carbons (Fsp3) is 0.350. The molecule has 27 heavy (non-hydrogen) atoms. The second kappa shape index (κ2) is 8.42. The molecule has 1 aliphatic rings. The summed E-state index contributed by atoms with van der Waals surface area (Å²) in [7, 11) is -3.63. The van der Waals surface area contributed by atoms with Gasteiger partial charge in [0, 0.05) is 17.0 Å². The normalized spacial score (nSPS) is 20.3. The Bertz CT molecular complexity index is 895. The molecule has 2 N–H and O–H groups in total. The molecule has 2 atom stereocenters. The first-order valence-electron chi connectivity index (χ1n) is 8.94. The maximum atomic E-state index is 12.7. The summed E-state index contributed by atoms with van der Waals surface area (Å²) in [5.74, 6) is -0.797. The molecule has 0 unspecified atom stereocenters. The number of halogens is 1. The average Bonchev–Trinajstić information content (AvgIpc) is 2.62. The number of benzene rings is 2. The maximum absolute atomic E-state index is 12.7. The van der Waals surface area contributed by atoms with Crippen LogP contribution in [0, 0.1) is 0 Å². The fourth-order valence-electron chi connectivity index (χ4n) is 3.61. The summed E-state index contributed by atoms with van der Waals surface area (Å²) in [6.45, 7) is 0. The van der Waals surface area contributed by atoms with E-state index in [-0.39, 0.29) is 23.3 Å². The van der Waals surface area contributed by atoms with Crippen LogP contribution in [0.25, 0.3) is 0 Å². The van der Waals surface area contributed by atoms with Crippen molar-refractivity contribution in [2.45, 2.75) is 49.0 Å². The monoisotopic (exact) mass is 407 g/mol. The molecule has 0 saturated heterocycles. The van der Waals surface area contributed by atoms with Gasteiger partial charge in [0.1, 0.15) is 0 Å². The van der Waals surface area contributed by atoms with Crippen molar-refractivity contribution in [3.8, 4) is 0 Å².